The lowest BCUT2D eigenvalue weighted by atomic mass is 10.2. The molecule has 0 bridgehead atoms. The summed E-state index contributed by atoms with van der Waals surface area (Å²) in [6.45, 7) is 7.64. The Hall–Kier alpha value is -1.89. The van der Waals surface area contributed by atoms with Gasteiger partial charge in [0.25, 0.3) is 0 Å². The predicted octanol–water partition coefficient (Wildman–Crippen LogP) is 3.31. The fourth-order valence-electron chi connectivity index (χ4n) is 2.29. The maximum absolute atomic E-state index is 12.4. The van der Waals surface area contributed by atoms with Gasteiger partial charge in [-0.05, 0) is 33.8 Å². The Labute approximate surface area is 125 Å². The number of fused-ring (bicyclic) bond motifs is 1. The topological polar surface area (TPSA) is 78.4 Å². The van der Waals surface area contributed by atoms with E-state index in [4.69, 9.17) is 0 Å². The van der Waals surface area contributed by atoms with E-state index in [1.165, 1.54) is 0 Å². The quantitative estimate of drug-likeness (QED) is 0.884. The number of carbonyl (C=O) groups excluding carboxylic acids is 1. The highest BCUT2D eigenvalue weighted by Crippen LogP contribution is 2.18. The highest BCUT2D eigenvalue weighted by Gasteiger charge is 2.17. The van der Waals surface area contributed by atoms with Crippen LogP contribution >= 0.6 is 0 Å². The van der Waals surface area contributed by atoms with Gasteiger partial charge in [-0.3, -0.25) is 0 Å². The van der Waals surface area contributed by atoms with Crippen molar-refractivity contribution < 1.29 is 9.00 Å². The minimum atomic E-state index is -1.75. The first-order chi connectivity index (χ1) is 9.91. The molecule has 2 rings (SSSR count). The normalized spacial score (nSPS) is 13.2. The number of pyridine rings is 1. The number of H-pyrrole nitrogens is 1. The third-order valence-electron chi connectivity index (χ3n) is 3.10. The average molecular weight is 307 g/mol. The summed E-state index contributed by atoms with van der Waals surface area (Å²) in [5.41, 5.74) is 0.632. The monoisotopic (exact) mass is 307 g/mol. The lowest BCUT2D eigenvalue weighted by molar-refractivity contribution is 0.175. The van der Waals surface area contributed by atoms with E-state index in [1.54, 1.807) is 29.4 Å². The lowest BCUT2D eigenvalue weighted by Crippen LogP contribution is -2.40. The zero-order valence-electron chi connectivity index (χ0n) is 12.5. The van der Waals surface area contributed by atoms with Gasteiger partial charge in [-0.15, -0.1) is 0 Å². The van der Waals surface area contributed by atoms with E-state index in [9.17, 15) is 9.00 Å². The number of hydrogen-bond donors (Lipinski definition) is 1. The number of rotatable bonds is 3. The zero-order valence-corrected chi connectivity index (χ0v) is 13.3. The molecule has 0 aliphatic carbocycles. The summed E-state index contributed by atoms with van der Waals surface area (Å²) >= 11 is 0. The van der Waals surface area contributed by atoms with Crippen molar-refractivity contribution in [2.24, 2.45) is 4.36 Å². The number of amides is 2. The van der Waals surface area contributed by atoms with E-state index in [0.717, 1.165) is 0 Å². The number of urea groups is 1. The van der Waals surface area contributed by atoms with Crippen molar-refractivity contribution >= 4 is 27.7 Å². The summed E-state index contributed by atoms with van der Waals surface area (Å²) in [4.78, 5) is 21.4. The molecule has 0 radical (unpaired) electrons. The Morgan fingerprint density at radius 2 is 1.95 bits per heavy atom. The van der Waals surface area contributed by atoms with Crippen LogP contribution in [-0.2, 0) is 14.8 Å². The summed E-state index contributed by atoms with van der Waals surface area (Å²) in [6.07, 6.45) is 3.27. The molecule has 1 N–H and O–H groups in total. The third-order valence-corrected chi connectivity index (χ3v) is 4.16. The molecule has 0 saturated heterocycles. The molecule has 2 heterocycles. The first-order valence-corrected chi connectivity index (χ1v) is 7.90. The summed E-state index contributed by atoms with van der Waals surface area (Å²) in [7, 11) is -1.75. The van der Waals surface area contributed by atoms with Gasteiger partial charge in [0.15, 0.2) is 0 Å². The van der Waals surface area contributed by atoms with E-state index in [1.807, 2.05) is 27.7 Å². The molecule has 0 aliphatic rings. The van der Waals surface area contributed by atoms with Crippen LogP contribution in [0.4, 0.5) is 4.79 Å². The van der Waals surface area contributed by atoms with Crippen molar-refractivity contribution in [3.8, 4) is 0 Å². The molecular formula is C14H19N4O2S-. The van der Waals surface area contributed by atoms with E-state index >= 15 is 0 Å². The fourth-order valence-corrected chi connectivity index (χ4v) is 3.16. The first-order valence-electron chi connectivity index (χ1n) is 6.79. The maximum Gasteiger partial charge on any atom is 0.320 e. The molecule has 2 amide bonds. The molecule has 114 valence electrons. The van der Waals surface area contributed by atoms with Crippen molar-refractivity contribution in [3.05, 3.63) is 24.5 Å². The molecule has 0 saturated carbocycles. The van der Waals surface area contributed by atoms with Crippen molar-refractivity contribution in [2.75, 3.05) is 0 Å². The molecule has 0 spiro atoms. The van der Waals surface area contributed by atoms with Gasteiger partial charge in [-0.25, -0.2) is 9.78 Å². The molecule has 0 aliphatic heterocycles. The Bertz CT molecular complexity index is 721. The average Bonchev–Trinajstić information content (AvgIpc) is 2.85. The zero-order chi connectivity index (χ0) is 15.6. The number of carbonyl (C=O) groups is 1. The summed E-state index contributed by atoms with van der Waals surface area (Å²) in [5, 5.41) is 0.716. The van der Waals surface area contributed by atoms with E-state index in [2.05, 4.69) is 14.3 Å². The molecule has 0 aromatic carbocycles. The van der Waals surface area contributed by atoms with Crippen LogP contribution in [0, 0.1) is 0 Å². The van der Waals surface area contributed by atoms with Crippen LogP contribution in [0.2, 0.25) is 0 Å². The first kappa shape index (κ1) is 15.5. The van der Waals surface area contributed by atoms with E-state index in [-0.39, 0.29) is 12.1 Å². The number of aromatic amines is 1. The molecule has 2 aromatic heterocycles. The predicted molar refractivity (Wildman–Crippen MR) is 82.3 cm³/mol. The second-order valence-corrected chi connectivity index (χ2v) is 6.39. The lowest BCUT2D eigenvalue weighted by Gasteiger charge is -2.29. The number of nitrogens with one attached hydrogen (secondary N) is 1. The molecule has 2 aromatic rings. The minimum absolute atomic E-state index is 0.00275. The summed E-state index contributed by atoms with van der Waals surface area (Å²) < 4.78 is 16.2. The van der Waals surface area contributed by atoms with E-state index < -0.39 is 16.6 Å². The van der Waals surface area contributed by atoms with Gasteiger partial charge in [0.05, 0.1) is 0 Å². The van der Waals surface area contributed by atoms with Gasteiger partial charge in [0, 0.05) is 29.9 Å². The van der Waals surface area contributed by atoms with Gasteiger partial charge < -0.3 is 18.5 Å². The third kappa shape index (κ3) is 3.24. The summed E-state index contributed by atoms with van der Waals surface area (Å²) in [6, 6.07) is 2.95. The van der Waals surface area contributed by atoms with Gasteiger partial charge in [0.1, 0.15) is 5.65 Å². The van der Waals surface area contributed by atoms with Gasteiger partial charge in [-0.2, -0.15) is 10.6 Å². The molecule has 0 fully saturated rings. The molecule has 0 atom stereocenters. The molecular weight excluding hydrogens is 288 g/mol. The Balaban J connectivity index is 2.39. The Morgan fingerprint density at radius 1 is 1.29 bits per heavy atom. The van der Waals surface area contributed by atoms with Crippen molar-refractivity contribution in [1.29, 1.82) is 0 Å². The van der Waals surface area contributed by atoms with Crippen LogP contribution in [0.5, 0.6) is 0 Å². The van der Waals surface area contributed by atoms with Gasteiger partial charge >= 0.3 is 6.03 Å². The van der Waals surface area contributed by atoms with Crippen LogP contribution in [0.15, 0.2) is 33.8 Å². The molecule has 7 heteroatoms. The second-order valence-electron chi connectivity index (χ2n) is 5.27. The van der Waals surface area contributed by atoms with Crippen LogP contribution in [0.25, 0.3) is 11.0 Å². The Kier molecular flexibility index (Phi) is 4.62. The van der Waals surface area contributed by atoms with E-state index in [0.29, 0.717) is 15.9 Å². The van der Waals surface area contributed by atoms with Crippen LogP contribution in [0.3, 0.4) is 0 Å². The van der Waals surface area contributed by atoms with Crippen LogP contribution in [0.1, 0.15) is 27.7 Å². The highest BCUT2D eigenvalue weighted by molar-refractivity contribution is 7.75. The van der Waals surface area contributed by atoms with Crippen LogP contribution in [-0.4, -0.2) is 33.0 Å². The second kappa shape index (κ2) is 6.26. The SMILES string of the molecule is CC(C)N(C(=O)/N=[S-](=O)/c1ccnc2[nH]ccc12)C(C)C. The fraction of sp³-hybridized carbons (Fsp3) is 0.429. The number of aromatic nitrogens is 2. The number of hydrogen-bond acceptors (Lipinski definition) is 4. The smallest absolute Gasteiger partial charge is 0.320 e. The molecule has 0 unspecified atom stereocenters. The summed E-state index contributed by atoms with van der Waals surface area (Å²) in [5.74, 6) is 0. The highest BCUT2D eigenvalue weighted by atomic mass is 32.2. The van der Waals surface area contributed by atoms with Crippen molar-refractivity contribution in [1.82, 2.24) is 14.9 Å². The molecule has 21 heavy (non-hydrogen) atoms. The Morgan fingerprint density at radius 3 is 2.57 bits per heavy atom. The minimum Gasteiger partial charge on any atom is -0.439 e. The van der Waals surface area contributed by atoms with Gasteiger partial charge in [0.2, 0.25) is 0 Å². The number of nitrogens with zero attached hydrogens (tertiary/aromatic N) is 3. The van der Waals surface area contributed by atoms with Gasteiger partial charge in [-0.1, -0.05) is 11.0 Å². The standard InChI is InChI=1S/C14H19N4O2S/c1-9(2)18(10(3)4)14(19)17-21(20)12-6-8-16-13-11(12)5-7-15-13/h5-10H,1-4H3,(H,15,16)/q-1. The largest absolute Gasteiger partial charge is 0.439 e. The maximum atomic E-state index is 12.4. The molecule has 6 nitrogen and oxygen atoms in total. The van der Waals surface area contributed by atoms with Crippen molar-refractivity contribution in [3.63, 3.8) is 0 Å². The van der Waals surface area contributed by atoms with Crippen LogP contribution < -0.4 is 0 Å². The van der Waals surface area contributed by atoms with Crippen molar-refractivity contribution in [2.45, 2.75) is 44.7 Å².